The quantitative estimate of drug-likeness (QED) is 0.461. The van der Waals surface area contributed by atoms with E-state index in [9.17, 15) is 24.5 Å². The van der Waals surface area contributed by atoms with Gasteiger partial charge in [0, 0.05) is 30.0 Å². The molecule has 1 unspecified atom stereocenters. The molecule has 2 aliphatic rings. The molecule has 0 saturated carbocycles. The van der Waals surface area contributed by atoms with E-state index in [0.29, 0.717) is 17.9 Å². The molecular formula is C21H19N3O6. The molecule has 9 heteroatoms. The summed E-state index contributed by atoms with van der Waals surface area (Å²) in [6, 6.07) is 8.48. The van der Waals surface area contributed by atoms with Crippen molar-refractivity contribution in [2.45, 2.75) is 25.9 Å². The Morgan fingerprint density at radius 2 is 1.97 bits per heavy atom. The summed E-state index contributed by atoms with van der Waals surface area (Å²) >= 11 is 0. The van der Waals surface area contributed by atoms with Crippen LogP contribution in [0.3, 0.4) is 0 Å². The maximum absolute atomic E-state index is 12.7. The first-order valence-corrected chi connectivity index (χ1v) is 9.53. The molecule has 4 rings (SSSR count). The number of fused-ring (bicyclic) bond motifs is 1. The number of hydrogen-bond acceptors (Lipinski definition) is 6. The second-order valence-electron chi connectivity index (χ2n) is 7.33. The van der Waals surface area contributed by atoms with Crippen molar-refractivity contribution < 1.29 is 24.0 Å². The standard InChI is InChI=1S/C21H19N3O6/c1-12-9-14(24(28)29)5-7-18(12)22-19(25)13-4-6-16-17(10-13)21(27)23(20(16)26)11-15-3-2-8-30-15/h4-7,9-10,15H,2-3,8,11H2,1H3,(H,22,25). The van der Waals surface area contributed by atoms with Gasteiger partial charge in [-0.05, 0) is 49.6 Å². The van der Waals surface area contributed by atoms with Crippen molar-refractivity contribution in [3.63, 3.8) is 0 Å². The smallest absolute Gasteiger partial charge is 0.269 e. The van der Waals surface area contributed by atoms with E-state index in [1.54, 1.807) is 6.92 Å². The summed E-state index contributed by atoms with van der Waals surface area (Å²) in [7, 11) is 0. The zero-order chi connectivity index (χ0) is 21.4. The van der Waals surface area contributed by atoms with Gasteiger partial charge in [-0.1, -0.05) is 0 Å². The average molecular weight is 409 g/mol. The van der Waals surface area contributed by atoms with Gasteiger partial charge >= 0.3 is 0 Å². The molecule has 1 saturated heterocycles. The van der Waals surface area contributed by atoms with E-state index in [1.165, 1.54) is 41.3 Å². The van der Waals surface area contributed by atoms with Crippen molar-refractivity contribution in [1.29, 1.82) is 0 Å². The number of amides is 3. The van der Waals surface area contributed by atoms with Gasteiger partial charge in [-0.2, -0.15) is 0 Å². The van der Waals surface area contributed by atoms with E-state index in [1.807, 2.05) is 0 Å². The molecule has 2 heterocycles. The number of nitro benzene ring substituents is 1. The van der Waals surface area contributed by atoms with E-state index in [2.05, 4.69) is 5.32 Å². The fraction of sp³-hybridized carbons (Fsp3) is 0.286. The van der Waals surface area contributed by atoms with E-state index in [-0.39, 0.29) is 40.9 Å². The maximum atomic E-state index is 12.7. The summed E-state index contributed by atoms with van der Waals surface area (Å²) in [5.74, 6) is -1.30. The van der Waals surface area contributed by atoms with Gasteiger partial charge < -0.3 is 10.1 Å². The fourth-order valence-corrected chi connectivity index (χ4v) is 3.69. The second-order valence-corrected chi connectivity index (χ2v) is 7.33. The molecule has 154 valence electrons. The lowest BCUT2D eigenvalue weighted by atomic mass is 10.0. The number of non-ortho nitro benzene ring substituents is 1. The minimum absolute atomic E-state index is 0.0709. The number of imide groups is 1. The number of nitro groups is 1. The third-order valence-corrected chi connectivity index (χ3v) is 5.31. The second kappa shape index (κ2) is 7.68. The molecule has 2 aromatic carbocycles. The Kier molecular flexibility index (Phi) is 5.04. The molecule has 0 aliphatic carbocycles. The van der Waals surface area contributed by atoms with Crippen LogP contribution in [0.25, 0.3) is 0 Å². The lowest BCUT2D eigenvalue weighted by Gasteiger charge is -2.17. The van der Waals surface area contributed by atoms with Crippen LogP contribution >= 0.6 is 0 Å². The molecular weight excluding hydrogens is 390 g/mol. The van der Waals surface area contributed by atoms with Gasteiger partial charge in [0.1, 0.15) is 0 Å². The lowest BCUT2D eigenvalue weighted by Crippen LogP contribution is -2.36. The Balaban J connectivity index is 1.53. The van der Waals surface area contributed by atoms with Gasteiger partial charge in [-0.15, -0.1) is 0 Å². The molecule has 0 aromatic heterocycles. The molecule has 1 N–H and O–H groups in total. The maximum Gasteiger partial charge on any atom is 0.269 e. The minimum Gasteiger partial charge on any atom is -0.376 e. The van der Waals surface area contributed by atoms with Gasteiger partial charge in [0.15, 0.2) is 0 Å². The van der Waals surface area contributed by atoms with Gasteiger partial charge in [-0.25, -0.2) is 0 Å². The van der Waals surface area contributed by atoms with Crippen molar-refractivity contribution in [2.75, 3.05) is 18.5 Å². The van der Waals surface area contributed by atoms with E-state index in [4.69, 9.17) is 4.74 Å². The molecule has 1 atom stereocenters. The van der Waals surface area contributed by atoms with E-state index >= 15 is 0 Å². The summed E-state index contributed by atoms with van der Waals surface area (Å²) in [6.07, 6.45) is 1.55. The van der Waals surface area contributed by atoms with Crippen LogP contribution in [0, 0.1) is 17.0 Å². The predicted octanol–water partition coefficient (Wildman–Crippen LogP) is 2.93. The predicted molar refractivity (Wildman–Crippen MR) is 107 cm³/mol. The number of ether oxygens (including phenoxy) is 1. The van der Waals surface area contributed by atoms with Crippen LogP contribution in [0.15, 0.2) is 36.4 Å². The highest BCUT2D eigenvalue weighted by atomic mass is 16.6. The normalized spacial score (nSPS) is 17.9. The zero-order valence-corrected chi connectivity index (χ0v) is 16.2. The molecule has 3 amide bonds. The summed E-state index contributed by atoms with van der Waals surface area (Å²) in [5, 5.41) is 13.5. The molecule has 0 radical (unpaired) electrons. The van der Waals surface area contributed by atoms with Crippen LogP contribution in [0.1, 0.15) is 49.5 Å². The lowest BCUT2D eigenvalue weighted by molar-refractivity contribution is -0.384. The molecule has 9 nitrogen and oxygen atoms in total. The summed E-state index contributed by atoms with van der Waals surface area (Å²) in [5.41, 5.74) is 1.55. The number of carbonyl (C=O) groups is 3. The Morgan fingerprint density at radius 1 is 1.20 bits per heavy atom. The number of benzene rings is 2. The van der Waals surface area contributed by atoms with Crippen molar-refractivity contribution in [3.05, 3.63) is 68.8 Å². The van der Waals surface area contributed by atoms with Gasteiger partial charge in [0.25, 0.3) is 23.4 Å². The zero-order valence-electron chi connectivity index (χ0n) is 16.2. The van der Waals surface area contributed by atoms with E-state index < -0.39 is 16.7 Å². The first kappa shape index (κ1) is 19.7. The number of nitrogens with zero attached hydrogens (tertiary/aromatic N) is 2. The number of anilines is 1. The van der Waals surface area contributed by atoms with Crippen LogP contribution < -0.4 is 5.32 Å². The van der Waals surface area contributed by atoms with Crippen molar-refractivity contribution in [2.24, 2.45) is 0 Å². The topological polar surface area (TPSA) is 119 Å². The molecule has 2 aromatic rings. The third kappa shape index (κ3) is 3.55. The van der Waals surface area contributed by atoms with Gasteiger partial charge in [-0.3, -0.25) is 29.4 Å². The van der Waals surface area contributed by atoms with Crippen LogP contribution in [-0.2, 0) is 4.74 Å². The highest BCUT2D eigenvalue weighted by molar-refractivity contribution is 6.22. The van der Waals surface area contributed by atoms with Crippen LogP contribution in [-0.4, -0.2) is 46.8 Å². The SMILES string of the molecule is Cc1cc([N+](=O)[O-])ccc1NC(=O)c1ccc2c(c1)C(=O)N(CC1CCCO1)C2=O. The molecule has 30 heavy (non-hydrogen) atoms. The Hall–Kier alpha value is -3.59. The number of rotatable bonds is 5. The largest absolute Gasteiger partial charge is 0.376 e. The first-order chi connectivity index (χ1) is 14.3. The van der Waals surface area contributed by atoms with Crippen molar-refractivity contribution in [1.82, 2.24) is 4.90 Å². The van der Waals surface area contributed by atoms with Crippen LogP contribution in [0.4, 0.5) is 11.4 Å². The summed E-state index contributed by atoms with van der Waals surface area (Å²) in [4.78, 5) is 49.5. The minimum atomic E-state index is -0.510. The fourth-order valence-electron chi connectivity index (χ4n) is 3.69. The Labute approximate surface area is 171 Å². The highest BCUT2D eigenvalue weighted by Gasteiger charge is 2.38. The Morgan fingerprint density at radius 3 is 2.63 bits per heavy atom. The number of hydrogen-bond donors (Lipinski definition) is 1. The molecule has 2 aliphatic heterocycles. The van der Waals surface area contributed by atoms with Crippen molar-refractivity contribution >= 4 is 29.1 Å². The van der Waals surface area contributed by atoms with Crippen LogP contribution in [0.2, 0.25) is 0 Å². The van der Waals surface area contributed by atoms with Crippen molar-refractivity contribution in [3.8, 4) is 0 Å². The number of carbonyl (C=O) groups excluding carboxylic acids is 3. The summed E-state index contributed by atoms with van der Waals surface area (Å²) < 4.78 is 5.52. The van der Waals surface area contributed by atoms with Crippen LogP contribution in [0.5, 0.6) is 0 Å². The number of nitrogens with one attached hydrogen (secondary N) is 1. The van der Waals surface area contributed by atoms with Gasteiger partial charge in [0.05, 0.1) is 28.7 Å². The number of aryl methyl sites for hydroxylation is 1. The monoisotopic (exact) mass is 409 g/mol. The Bertz CT molecular complexity index is 1070. The average Bonchev–Trinajstić information content (AvgIpc) is 3.32. The summed E-state index contributed by atoms with van der Waals surface area (Å²) in [6.45, 7) is 2.48. The van der Waals surface area contributed by atoms with Gasteiger partial charge in [0.2, 0.25) is 0 Å². The third-order valence-electron chi connectivity index (χ3n) is 5.31. The highest BCUT2D eigenvalue weighted by Crippen LogP contribution is 2.27. The molecule has 0 bridgehead atoms. The first-order valence-electron chi connectivity index (χ1n) is 9.53. The molecule has 0 spiro atoms. The molecule has 1 fully saturated rings. The van der Waals surface area contributed by atoms with E-state index in [0.717, 1.165) is 12.8 Å².